The first-order valence-corrected chi connectivity index (χ1v) is 4.14. The largest absolute Gasteiger partial charge is 0.411 e. The van der Waals surface area contributed by atoms with Gasteiger partial charge in [-0.05, 0) is 12.5 Å². The maximum Gasteiger partial charge on any atom is 0.0843 e. The minimum absolute atomic E-state index is 0.362. The minimum atomic E-state index is -0.586. The zero-order valence-electron chi connectivity index (χ0n) is 7.51. The maximum atomic E-state index is 9.63. The van der Waals surface area contributed by atoms with Gasteiger partial charge in [0, 0.05) is 6.42 Å². The maximum absolute atomic E-state index is 9.63. The summed E-state index contributed by atoms with van der Waals surface area (Å²) in [5, 5.41) is 21.0. The summed E-state index contributed by atoms with van der Waals surface area (Å²) in [6.07, 6.45) is -0.224. The fourth-order valence-electron chi connectivity index (χ4n) is 1.11. The van der Waals surface area contributed by atoms with E-state index in [1.54, 1.807) is 6.92 Å². The van der Waals surface area contributed by atoms with Gasteiger partial charge in [0.15, 0.2) is 0 Å². The van der Waals surface area contributed by atoms with Crippen LogP contribution in [0.15, 0.2) is 35.5 Å². The third-order valence-electron chi connectivity index (χ3n) is 1.84. The molecule has 0 spiro atoms. The highest BCUT2D eigenvalue weighted by atomic mass is 16.4. The van der Waals surface area contributed by atoms with E-state index in [9.17, 15) is 5.11 Å². The number of benzene rings is 1. The molecular formula is C10H13NO2. The Balaban J connectivity index is 2.64. The second-order valence-electron chi connectivity index (χ2n) is 2.97. The molecule has 0 fully saturated rings. The molecule has 0 bridgehead atoms. The molecule has 70 valence electrons. The predicted octanol–water partition coefficient (Wildman–Crippen LogP) is 1.96. The Labute approximate surface area is 77.3 Å². The molecule has 1 aromatic carbocycles. The van der Waals surface area contributed by atoms with Crippen LogP contribution in [0.25, 0.3) is 0 Å². The molecule has 13 heavy (non-hydrogen) atoms. The lowest BCUT2D eigenvalue weighted by atomic mass is 10.1. The molecular weight excluding hydrogens is 166 g/mol. The predicted molar refractivity (Wildman–Crippen MR) is 50.9 cm³/mol. The van der Waals surface area contributed by atoms with Gasteiger partial charge in [0.2, 0.25) is 0 Å². The fourth-order valence-corrected chi connectivity index (χ4v) is 1.11. The van der Waals surface area contributed by atoms with Gasteiger partial charge in [-0.25, -0.2) is 0 Å². The molecule has 0 aliphatic heterocycles. The fraction of sp³-hybridized carbons (Fsp3) is 0.300. The lowest BCUT2D eigenvalue weighted by Gasteiger charge is -2.08. The number of oxime groups is 1. The second-order valence-corrected chi connectivity index (χ2v) is 2.97. The molecule has 0 heterocycles. The van der Waals surface area contributed by atoms with Crippen LogP contribution in [-0.4, -0.2) is 16.0 Å². The van der Waals surface area contributed by atoms with Crippen LogP contribution in [0, 0.1) is 0 Å². The van der Waals surface area contributed by atoms with Crippen molar-refractivity contribution in [2.24, 2.45) is 5.16 Å². The highest BCUT2D eigenvalue weighted by Gasteiger charge is 2.07. The summed E-state index contributed by atoms with van der Waals surface area (Å²) < 4.78 is 0. The third kappa shape index (κ3) is 2.87. The average molecular weight is 179 g/mol. The van der Waals surface area contributed by atoms with E-state index in [1.807, 2.05) is 30.3 Å². The Morgan fingerprint density at radius 1 is 1.38 bits per heavy atom. The minimum Gasteiger partial charge on any atom is -0.411 e. The summed E-state index contributed by atoms with van der Waals surface area (Å²) in [6.45, 7) is 1.67. The Bertz CT molecular complexity index is 282. The van der Waals surface area contributed by atoms with Crippen LogP contribution in [-0.2, 0) is 0 Å². The second kappa shape index (κ2) is 4.62. The van der Waals surface area contributed by atoms with Gasteiger partial charge >= 0.3 is 0 Å². The van der Waals surface area contributed by atoms with Crippen LogP contribution in [0.5, 0.6) is 0 Å². The first-order chi connectivity index (χ1) is 6.24. The molecule has 2 N–H and O–H groups in total. The standard InChI is InChI=1S/C10H13NO2/c1-8(11-13)7-10(12)9-5-3-2-4-6-9/h2-6,10,12-13H,7H2,1H3/b11-8+. The van der Waals surface area contributed by atoms with E-state index in [0.717, 1.165) is 5.56 Å². The van der Waals surface area contributed by atoms with E-state index >= 15 is 0 Å². The molecule has 3 heteroatoms. The number of aliphatic hydroxyl groups excluding tert-OH is 1. The smallest absolute Gasteiger partial charge is 0.0843 e. The number of rotatable bonds is 3. The first-order valence-electron chi connectivity index (χ1n) is 4.14. The molecule has 1 unspecified atom stereocenters. The molecule has 0 radical (unpaired) electrons. The summed E-state index contributed by atoms with van der Waals surface area (Å²) >= 11 is 0. The van der Waals surface area contributed by atoms with Crippen LogP contribution < -0.4 is 0 Å². The molecule has 0 aromatic heterocycles. The Kier molecular flexibility index (Phi) is 3.46. The van der Waals surface area contributed by atoms with Crippen molar-refractivity contribution in [2.45, 2.75) is 19.4 Å². The first kappa shape index (κ1) is 9.74. The van der Waals surface area contributed by atoms with Gasteiger partial charge in [0.05, 0.1) is 11.8 Å². The number of nitrogens with zero attached hydrogens (tertiary/aromatic N) is 1. The zero-order valence-corrected chi connectivity index (χ0v) is 7.51. The van der Waals surface area contributed by atoms with E-state index in [1.165, 1.54) is 0 Å². The van der Waals surface area contributed by atoms with Crippen LogP contribution in [0.4, 0.5) is 0 Å². The number of hydrogen-bond donors (Lipinski definition) is 2. The summed E-state index contributed by atoms with van der Waals surface area (Å²) in [7, 11) is 0. The van der Waals surface area contributed by atoms with Crippen LogP contribution in [0.2, 0.25) is 0 Å². The van der Waals surface area contributed by atoms with Crippen molar-refractivity contribution in [1.82, 2.24) is 0 Å². The summed E-state index contributed by atoms with van der Waals surface area (Å²) in [5.41, 5.74) is 1.36. The molecule has 0 aliphatic carbocycles. The molecule has 0 amide bonds. The quantitative estimate of drug-likeness (QED) is 0.423. The van der Waals surface area contributed by atoms with Crippen LogP contribution in [0.3, 0.4) is 0 Å². The Morgan fingerprint density at radius 3 is 2.54 bits per heavy atom. The number of hydrogen-bond acceptors (Lipinski definition) is 3. The summed E-state index contributed by atoms with van der Waals surface area (Å²) in [5.74, 6) is 0. The number of aliphatic hydroxyl groups is 1. The summed E-state index contributed by atoms with van der Waals surface area (Å²) in [6, 6.07) is 9.31. The average Bonchev–Trinajstić information content (AvgIpc) is 2.19. The van der Waals surface area contributed by atoms with Gasteiger partial charge in [-0.15, -0.1) is 0 Å². The van der Waals surface area contributed by atoms with Gasteiger partial charge in [0.25, 0.3) is 0 Å². The van der Waals surface area contributed by atoms with Gasteiger partial charge in [-0.1, -0.05) is 35.5 Å². The summed E-state index contributed by atoms with van der Waals surface area (Å²) in [4.78, 5) is 0. The lowest BCUT2D eigenvalue weighted by molar-refractivity contribution is 0.184. The van der Waals surface area contributed by atoms with Crippen molar-refractivity contribution in [3.05, 3.63) is 35.9 Å². The molecule has 0 aliphatic rings. The van der Waals surface area contributed by atoms with Crippen molar-refractivity contribution in [2.75, 3.05) is 0 Å². The van der Waals surface area contributed by atoms with E-state index in [4.69, 9.17) is 5.21 Å². The highest BCUT2D eigenvalue weighted by Crippen LogP contribution is 2.16. The van der Waals surface area contributed by atoms with Gasteiger partial charge in [-0.2, -0.15) is 0 Å². The van der Waals surface area contributed by atoms with E-state index in [2.05, 4.69) is 5.16 Å². The molecule has 0 saturated heterocycles. The SMILES string of the molecule is C/C(CC(O)c1ccccc1)=N\O. The molecule has 1 rings (SSSR count). The van der Waals surface area contributed by atoms with Gasteiger partial charge < -0.3 is 10.3 Å². The van der Waals surface area contributed by atoms with E-state index < -0.39 is 6.10 Å². The van der Waals surface area contributed by atoms with Crippen LogP contribution in [0.1, 0.15) is 25.0 Å². The monoisotopic (exact) mass is 179 g/mol. The van der Waals surface area contributed by atoms with E-state index in [-0.39, 0.29) is 0 Å². The highest BCUT2D eigenvalue weighted by molar-refractivity contribution is 5.81. The third-order valence-corrected chi connectivity index (χ3v) is 1.84. The van der Waals surface area contributed by atoms with Gasteiger partial charge in [-0.3, -0.25) is 0 Å². The van der Waals surface area contributed by atoms with Crippen molar-refractivity contribution in [3.63, 3.8) is 0 Å². The molecule has 1 aromatic rings. The topological polar surface area (TPSA) is 52.8 Å². The van der Waals surface area contributed by atoms with E-state index in [0.29, 0.717) is 12.1 Å². The van der Waals surface area contributed by atoms with Crippen molar-refractivity contribution in [3.8, 4) is 0 Å². The Morgan fingerprint density at radius 2 is 2.00 bits per heavy atom. The lowest BCUT2D eigenvalue weighted by Crippen LogP contribution is -2.03. The van der Waals surface area contributed by atoms with Crippen molar-refractivity contribution in [1.29, 1.82) is 0 Å². The normalized spacial score (nSPS) is 14.2. The van der Waals surface area contributed by atoms with Crippen molar-refractivity contribution >= 4 is 5.71 Å². The van der Waals surface area contributed by atoms with Crippen molar-refractivity contribution < 1.29 is 10.3 Å². The van der Waals surface area contributed by atoms with Gasteiger partial charge in [0.1, 0.15) is 0 Å². The Hall–Kier alpha value is -1.35. The molecule has 1 atom stereocenters. The zero-order chi connectivity index (χ0) is 9.68. The van der Waals surface area contributed by atoms with Crippen LogP contribution >= 0.6 is 0 Å². The molecule has 0 saturated carbocycles. The molecule has 3 nitrogen and oxygen atoms in total.